The first-order chi connectivity index (χ1) is 17.9. The van der Waals surface area contributed by atoms with Gasteiger partial charge in [-0.1, -0.05) is 54.6 Å². The minimum atomic E-state index is -4.11. The Hall–Kier alpha value is -3.72. The van der Waals surface area contributed by atoms with E-state index in [1.54, 1.807) is 82.4 Å². The fourth-order valence-corrected chi connectivity index (χ4v) is 6.70. The number of hydrogen-bond acceptors (Lipinski definition) is 5. The van der Waals surface area contributed by atoms with Crippen LogP contribution in [0.25, 0.3) is 0 Å². The lowest BCUT2D eigenvalue weighted by Gasteiger charge is -2.34. The fourth-order valence-electron chi connectivity index (χ4n) is 4.76. The summed E-state index contributed by atoms with van der Waals surface area (Å²) in [5, 5.41) is -1.30. The standard InChI is InChI=1S/C29H31FN2O5S/c1-29(2,3)37-28(34)32-24(27(33)31(4)20-13-7-5-8-14-20)19-25(26(32)22-17-11-12-18-23(22)30)38(35,36)21-15-9-6-10-16-21/h5-18,24-26H,19H2,1-4H3. The minimum absolute atomic E-state index is 0.000490. The molecule has 0 aromatic heterocycles. The van der Waals surface area contributed by atoms with Crippen LogP contribution >= 0.6 is 0 Å². The Morgan fingerprint density at radius 2 is 1.47 bits per heavy atom. The summed E-state index contributed by atoms with van der Waals surface area (Å²) in [6.45, 7) is 5.01. The molecule has 200 valence electrons. The lowest BCUT2D eigenvalue weighted by atomic mass is 10.0. The molecule has 0 spiro atoms. The van der Waals surface area contributed by atoms with Gasteiger partial charge < -0.3 is 9.64 Å². The molecule has 7 nitrogen and oxygen atoms in total. The van der Waals surface area contributed by atoms with Gasteiger partial charge in [0.15, 0.2) is 9.84 Å². The highest BCUT2D eigenvalue weighted by Gasteiger charge is 2.55. The zero-order valence-electron chi connectivity index (χ0n) is 21.7. The Morgan fingerprint density at radius 1 is 0.921 bits per heavy atom. The highest BCUT2D eigenvalue weighted by molar-refractivity contribution is 7.92. The van der Waals surface area contributed by atoms with E-state index in [2.05, 4.69) is 0 Å². The summed E-state index contributed by atoms with van der Waals surface area (Å²) in [7, 11) is -2.55. The maximum Gasteiger partial charge on any atom is 0.411 e. The normalized spacial score (nSPS) is 19.7. The van der Waals surface area contributed by atoms with Crippen molar-refractivity contribution in [3.63, 3.8) is 0 Å². The summed E-state index contributed by atoms with van der Waals surface area (Å²) >= 11 is 0. The molecule has 2 amide bonds. The van der Waals surface area contributed by atoms with E-state index in [0.717, 1.165) is 4.90 Å². The van der Waals surface area contributed by atoms with E-state index in [-0.39, 0.29) is 16.9 Å². The van der Waals surface area contributed by atoms with Gasteiger partial charge in [-0.15, -0.1) is 0 Å². The summed E-state index contributed by atoms with van der Waals surface area (Å²) in [5.74, 6) is -1.18. The third-order valence-corrected chi connectivity index (χ3v) is 8.68. The summed E-state index contributed by atoms with van der Waals surface area (Å²) in [5.41, 5.74) is -0.370. The number of likely N-dealkylation sites (N-methyl/N-ethyl adjacent to an activating group) is 1. The number of hydrogen-bond donors (Lipinski definition) is 0. The van der Waals surface area contributed by atoms with E-state index < -0.39 is 50.6 Å². The van der Waals surface area contributed by atoms with Crippen molar-refractivity contribution in [2.75, 3.05) is 11.9 Å². The lowest BCUT2D eigenvalue weighted by Crippen LogP contribution is -2.49. The Bertz CT molecular complexity index is 1410. The van der Waals surface area contributed by atoms with Crippen molar-refractivity contribution < 1.29 is 27.1 Å². The minimum Gasteiger partial charge on any atom is -0.444 e. The molecule has 1 fully saturated rings. The zero-order valence-corrected chi connectivity index (χ0v) is 22.6. The number of likely N-dealkylation sites (tertiary alicyclic amines) is 1. The second-order valence-corrected chi connectivity index (χ2v) is 12.4. The van der Waals surface area contributed by atoms with Crippen LogP contribution < -0.4 is 4.90 Å². The van der Waals surface area contributed by atoms with Crippen LogP contribution in [0.2, 0.25) is 0 Å². The molecule has 1 saturated heterocycles. The van der Waals surface area contributed by atoms with E-state index in [1.807, 2.05) is 0 Å². The molecule has 1 aliphatic heterocycles. The number of ether oxygens (including phenoxy) is 1. The Kier molecular flexibility index (Phi) is 7.60. The average molecular weight is 539 g/mol. The molecule has 3 atom stereocenters. The summed E-state index contributed by atoms with van der Waals surface area (Å²) in [6.07, 6.45) is -1.12. The van der Waals surface area contributed by atoms with E-state index in [9.17, 15) is 18.0 Å². The first-order valence-electron chi connectivity index (χ1n) is 12.3. The second-order valence-electron chi connectivity index (χ2n) is 10.2. The Labute approximate surface area is 222 Å². The molecule has 3 aromatic rings. The Balaban J connectivity index is 1.89. The SMILES string of the molecule is CN(C(=O)C1CC(S(=O)(=O)c2ccccc2)C(c2ccccc2F)N1C(=O)OC(C)(C)C)c1ccccc1. The van der Waals surface area contributed by atoms with Gasteiger partial charge in [0.2, 0.25) is 5.91 Å². The van der Waals surface area contributed by atoms with Gasteiger partial charge in [-0.25, -0.2) is 17.6 Å². The molecule has 3 unspecified atom stereocenters. The van der Waals surface area contributed by atoms with Crippen LogP contribution in [0.1, 0.15) is 38.8 Å². The second kappa shape index (κ2) is 10.6. The molecule has 0 saturated carbocycles. The van der Waals surface area contributed by atoms with E-state index in [0.29, 0.717) is 5.69 Å². The van der Waals surface area contributed by atoms with Crippen molar-refractivity contribution >= 4 is 27.5 Å². The number of halogens is 1. The topological polar surface area (TPSA) is 84.0 Å². The highest BCUT2D eigenvalue weighted by atomic mass is 32.2. The van der Waals surface area contributed by atoms with Crippen LogP contribution in [-0.4, -0.2) is 49.3 Å². The smallest absolute Gasteiger partial charge is 0.411 e. The van der Waals surface area contributed by atoms with Crippen molar-refractivity contribution in [2.45, 2.75) is 55.0 Å². The molecule has 9 heteroatoms. The van der Waals surface area contributed by atoms with E-state index in [4.69, 9.17) is 4.74 Å². The highest BCUT2D eigenvalue weighted by Crippen LogP contribution is 2.44. The number of benzene rings is 3. The molecule has 0 bridgehead atoms. The lowest BCUT2D eigenvalue weighted by molar-refractivity contribution is -0.123. The molecule has 0 N–H and O–H groups in total. The van der Waals surface area contributed by atoms with Gasteiger partial charge in [-0.3, -0.25) is 9.69 Å². The molecule has 3 aromatic carbocycles. The number of carbonyl (C=O) groups excluding carboxylic acids is 2. The van der Waals surface area contributed by atoms with Crippen molar-refractivity contribution in [3.8, 4) is 0 Å². The van der Waals surface area contributed by atoms with Crippen LogP contribution in [0.15, 0.2) is 89.8 Å². The van der Waals surface area contributed by atoms with Crippen molar-refractivity contribution in [1.29, 1.82) is 0 Å². The molecule has 4 rings (SSSR count). The van der Waals surface area contributed by atoms with Crippen LogP contribution in [0.4, 0.5) is 14.9 Å². The molecule has 1 aliphatic rings. The van der Waals surface area contributed by atoms with Crippen molar-refractivity contribution in [3.05, 3.63) is 96.3 Å². The van der Waals surface area contributed by atoms with E-state index in [1.165, 1.54) is 35.2 Å². The summed E-state index contributed by atoms with van der Waals surface area (Å²) in [4.78, 5) is 30.0. The van der Waals surface area contributed by atoms with E-state index >= 15 is 4.39 Å². The molecular weight excluding hydrogens is 507 g/mol. The quantitative estimate of drug-likeness (QED) is 0.435. The number of amides is 2. The van der Waals surface area contributed by atoms with Gasteiger partial charge >= 0.3 is 6.09 Å². The first kappa shape index (κ1) is 27.3. The molecule has 0 aliphatic carbocycles. The summed E-state index contributed by atoms with van der Waals surface area (Å²) < 4.78 is 48.8. The monoisotopic (exact) mass is 538 g/mol. The molecular formula is C29H31FN2O5S. The predicted octanol–water partition coefficient (Wildman–Crippen LogP) is 5.38. The fraction of sp³-hybridized carbons (Fsp3) is 0.310. The van der Waals surface area contributed by atoms with Crippen LogP contribution in [0.3, 0.4) is 0 Å². The summed E-state index contributed by atoms with van der Waals surface area (Å²) in [6, 6.07) is 19.8. The molecule has 0 radical (unpaired) electrons. The van der Waals surface area contributed by atoms with Gasteiger partial charge in [-0.2, -0.15) is 0 Å². The maximum atomic E-state index is 15.3. The Morgan fingerprint density at radius 3 is 2.05 bits per heavy atom. The number of carbonyl (C=O) groups is 2. The largest absolute Gasteiger partial charge is 0.444 e. The number of rotatable bonds is 5. The van der Waals surface area contributed by atoms with Crippen LogP contribution in [0.5, 0.6) is 0 Å². The first-order valence-corrected chi connectivity index (χ1v) is 13.8. The zero-order chi connectivity index (χ0) is 27.7. The number of anilines is 1. The third-order valence-electron chi connectivity index (χ3n) is 6.50. The van der Waals surface area contributed by atoms with Gasteiger partial charge in [0.05, 0.1) is 16.2 Å². The van der Waals surface area contributed by atoms with Gasteiger partial charge in [0, 0.05) is 18.3 Å². The van der Waals surface area contributed by atoms with Crippen molar-refractivity contribution in [2.24, 2.45) is 0 Å². The maximum absolute atomic E-state index is 15.3. The molecule has 1 heterocycles. The van der Waals surface area contributed by atoms with Crippen LogP contribution in [-0.2, 0) is 19.4 Å². The third kappa shape index (κ3) is 5.43. The number of sulfone groups is 1. The van der Waals surface area contributed by atoms with Gasteiger partial charge in [0.1, 0.15) is 17.5 Å². The molecule has 38 heavy (non-hydrogen) atoms. The predicted molar refractivity (Wildman–Crippen MR) is 143 cm³/mol. The van der Waals surface area contributed by atoms with Crippen molar-refractivity contribution in [1.82, 2.24) is 4.90 Å². The van der Waals surface area contributed by atoms with Gasteiger partial charge in [-0.05, 0) is 57.5 Å². The number of para-hydroxylation sites is 1. The van der Waals surface area contributed by atoms with Gasteiger partial charge in [0.25, 0.3) is 0 Å². The van der Waals surface area contributed by atoms with Crippen LogP contribution in [0, 0.1) is 5.82 Å². The average Bonchev–Trinajstić information content (AvgIpc) is 3.29. The number of nitrogens with zero attached hydrogens (tertiary/aromatic N) is 2.